The maximum atomic E-state index is 2.54. The summed E-state index contributed by atoms with van der Waals surface area (Å²) in [6.45, 7) is 2.48. The molecule has 1 saturated heterocycles. The fourth-order valence-corrected chi connectivity index (χ4v) is 2.23. The quantitative estimate of drug-likeness (QED) is 0.598. The van der Waals surface area contributed by atoms with Crippen molar-refractivity contribution in [2.45, 2.75) is 25.7 Å². The minimum absolute atomic E-state index is 1.24. The molecule has 0 unspecified atom stereocenters. The molecule has 1 heterocycles. The number of anilines is 1. The van der Waals surface area contributed by atoms with Gasteiger partial charge in [0.1, 0.15) is 0 Å². The number of nitrogens with zero attached hydrogens (tertiary/aromatic N) is 1. The van der Waals surface area contributed by atoms with E-state index in [1.165, 1.54) is 48.7 Å². The van der Waals surface area contributed by atoms with Crippen molar-refractivity contribution in [3.8, 4) is 0 Å². The van der Waals surface area contributed by atoms with Gasteiger partial charge in [0, 0.05) is 0 Å². The Morgan fingerprint density at radius 2 is 1.57 bits per heavy atom. The van der Waals surface area contributed by atoms with Crippen molar-refractivity contribution >= 4 is 27.6 Å². The van der Waals surface area contributed by atoms with Gasteiger partial charge in [-0.3, -0.25) is 0 Å². The van der Waals surface area contributed by atoms with Gasteiger partial charge in [0.25, 0.3) is 0 Å². The van der Waals surface area contributed by atoms with E-state index in [0.717, 1.165) is 0 Å². The fraction of sp³-hybridized carbons (Fsp3) is 0.500. The van der Waals surface area contributed by atoms with Crippen LogP contribution in [0, 0.1) is 0 Å². The fourth-order valence-electron chi connectivity index (χ4n) is 2.23. The van der Waals surface area contributed by atoms with Crippen LogP contribution in [0.4, 0.5) is 5.69 Å². The first-order valence-electron chi connectivity index (χ1n) is 5.68. The molecule has 0 bridgehead atoms. The van der Waals surface area contributed by atoms with Crippen LogP contribution in [0.25, 0.3) is 0 Å². The molecule has 0 aliphatic carbocycles. The topological polar surface area (TPSA) is 3.24 Å². The molecule has 2 rings (SSSR count). The Kier molecular flexibility index (Phi) is 3.56. The molecule has 14 heavy (non-hydrogen) atoms. The summed E-state index contributed by atoms with van der Waals surface area (Å²) in [5.74, 6) is 0. The molecule has 0 saturated carbocycles. The molecular weight excluding hydrogens is 165 g/mol. The average Bonchev–Trinajstić information content (AvgIpc) is 2.47. The van der Waals surface area contributed by atoms with Gasteiger partial charge in [-0.25, -0.2) is 0 Å². The summed E-state index contributed by atoms with van der Waals surface area (Å²) in [6, 6.07) is 8.73. The van der Waals surface area contributed by atoms with Gasteiger partial charge in [0.2, 0.25) is 0 Å². The van der Waals surface area contributed by atoms with Gasteiger partial charge in [-0.1, -0.05) is 0 Å². The molecule has 0 spiro atoms. The van der Waals surface area contributed by atoms with Gasteiger partial charge in [-0.2, -0.15) is 0 Å². The Labute approximate surface area is 95.7 Å². The zero-order chi connectivity index (χ0) is 9.80. The molecule has 1 aromatic rings. The second-order valence-electron chi connectivity index (χ2n) is 4.19. The molecule has 0 radical (unpaired) electrons. The second kappa shape index (κ2) is 4.91. The van der Waals surface area contributed by atoms with Gasteiger partial charge in [0.05, 0.1) is 0 Å². The molecule has 0 atom stereocenters. The Morgan fingerprint density at radius 3 is 2.21 bits per heavy atom. The predicted molar refractivity (Wildman–Crippen MR) is 62.5 cm³/mol. The number of benzene rings is 1. The summed E-state index contributed by atoms with van der Waals surface area (Å²) in [5.41, 5.74) is 1.44. The maximum absolute atomic E-state index is 2.54. The molecular formula is C12H16LiN. The van der Waals surface area contributed by atoms with Crippen LogP contribution in [-0.2, 0) is 0 Å². The average molecular weight is 181 g/mol. The molecule has 1 aromatic carbocycles. The first-order valence-corrected chi connectivity index (χ1v) is 5.68. The molecule has 1 aliphatic heterocycles. The van der Waals surface area contributed by atoms with Crippen molar-refractivity contribution in [2.24, 2.45) is 0 Å². The Balaban J connectivity index is 2.16. The zero-order valence-electron chi connectivity index (χ0n) is 9.00. The van der Waals surface area contributed by atoms with Gasteiger partial charge in [-0.15, -0.1) is 0 Å². The molecule has 1 aliphatic rings. The third-order valence-electron chi connectivity index (χ3n) is 3.06. The van der Waals surface area contributed by atoms with Crippen LogP contribution in [-0.4, -0.2) is 30.8 Å². The number of rotatable bonds is 1. The van der Waals surface area contributed by atoms with E-state index in [0.29, 0.717) is 0 Å². The van der Waals surface area contributed by atoms with E-state index < -0.39 is 0 Å². The van der Waals surface area contributed by atoms with Crippen LogP contribution < -0.4 is 9.14 Å². The summed E-state index contributed by atoms with van der Waals surface area (Å²) in [5, 5.41) is 0. The third kappa shape index (κ3) is 2.35. The van der Waals surface area contributed by atoms with Crippen molar-refractivity contribution in [3.63, 3.8) is 0 Å². The van der Waals surface area contributed by atoms with Crippen molar-refractivity contribution in [2.75, 3.05) is 18.0 Å². The summed E-state index contributed by atoms with van der Waals surface area (Å²) in [6.07, 6.45) is 5.52. The van der Waals surface area contributed by atoms with Crippen LogP contribution in [0.5, 0.6) is 0 Å². The van der Waals surface area contributed by atoms with Crippen LogP contribution in [0.3, 0.4) is 0 Å². The minimum atomic E-state index is 1.24. The van der Waals surface area contributed by atoms with E-state index in [1.54, 1.807) is 0 Å². The van der Waals surface area contributed by atoms with Crippen LogP contribution in [0.1, 0.15) is 25.7 Å². The number of para-hydroxylation sites is 1. The van der Waals surface area contributed by atoms with Gasteiger partial charge >= 0.3 is 95.6 Å². The molecule has 0 aromatic heterocycles. The Hall–Kier alpha value is -0.383. The Morgan fingerprint density at radius 1 is 0.929 bits per heavy atom. The van der Waals surface area contributed by atoms with Gasteiger partial charge in [0.15, 0.2) is 0 Å². The third-order valence-corrected chi connectivity index (χ3v) is 3.06. The van der Waals surface area contributed by atoms with Crippen molar-refractivity contribution < 1.29 is 0 Å². The number of hydrogen-bond acceptors (Lipinski definition) is 1. The number of hydrogen-bond donors (Lipinski definition) is 0. The molecule has 0 N–H and O–H groups in total. The molecule has 2 heteroatoms. The van der Waals surface area contributed by atoms with E-state index >= 15 is 0 Å². The van der Waals surface area contributed by atoms with Crippen LogP contribution in [0.2, 0.25) is 0 Å². The summed E-state index contributed by atoms with van der Waals surface area (Å²) in [7, 11) is 0. The van der Waals surface area contributed by atoms with Crippen LogP contribution >= 0.6 is 0 Å². The summed E-state index contributed by atoms with van der Waals surface area (Å²) >= 11 is 2.21. The summed E-state index contributed by atoms with van der Waals surface area (Å²) < 4.78 is 1.41. The first kappa shape index (κ1) is 10.1. The van der Waals surface area contributed by atoms with Crippen molar-refractivity contribution in [1.82, 2.24) is 0 Å². The monoisotopic (exact) mass is 181 g/mol. The van der Waals surface area contributed by atoms with Crippen LogP contribution in [0.15, 0.2) is 24.3 Å². The zero-order valence-corrected chi connectivity index (χ0v) is 9.00. The van der Waals surface area contributed by atoms with E-state index in [2.05, 4.69) is 46.9 Å². The van der Waals surface area contributed by atoms with E-state index in [1.807, 2.05) is 0 Å². The summed E-state index contributed by atoms with van der Waals surface area (Å²) in [4.78, 5) is 2.54. The Bertz CT molecular complexity index is 290. The SMILES string of the molecule is [Li][c]1ccccc1N1CCCCCC1. The van der Waals surface area contributed by atoms with Gasteiger partial charge in [-0.05, 0) is 0 Å². The van der Waals surface area contributed by atoms with E-state index in [-0.39, 0.29) is 0 Å². The standard InChI is InChI=1S/C12H16N.Li/c1-2-7-11-13(10-6-1)12-8-4-3-5-9-12;/h3-5,8H,1-2,6-7,10-11H2;. The molecule has 1 nitrogen and oxygen atoms in total. The second-order valence-corrected chi connectivity index (χ2v) is 4.19. The molecule has 1 fully saturated rings. The van der Waals surface area contributed by atoms with E-state index in [9.17, 15) is 0 Å². The normalized spacial score (nSPS) is 18.0. The van der Waals surface area contributed by atoms with E-state index in [4.69, 9.17) is 0 Å². The molecule has 0 amide bonds. The first-order chi connectivity index (χ1) is 6.88. The van der Waals surface area contributed by atoms with Crippen molar-refractivity contribution in [1.29, 1.82) is 0 Å². The van der Waals surface area contributed by atoms with Gasteiger partial charge < -0.3 is 0 Å². The van der Waals surface area contributed by atoms with Crippen molar-refractivity contribution in [3.05, 3.63) is 24.3 Å². The molecule has 70 valence electrons. The predicted octanol–water partition coefficient (Wildman–Crippen LogP) is 1.86.